The molecule has 0 amide bonds. The molecule has 1 saturated carbocycles. The first-order valence-electron chi connectivity index (χ1n) is 6.02. The molecule has 0 unspecified atom stereocenters. The first-order valence-corrected chi connectivity index (χ1v) is 6.02. The highest BCUT2D eigenvalue weighted by Gasteiger charge is 2.17. The van der Waals surface area contributed by atoms with Crippen molar-refractivity contribution in [1.82, 2.24) is 10.2 Å². The van der Waals surface area contributed by atoms with Gasteiger partial charge in [0.15, 0.2) is 0 Å². The van der Waals surface area contributed by atoms with Gasteiger partial charge in [-0.1, -0.05) is 19.4 Å². The van der Waals surface area contributed by atoms with Gasteiger partial charge in [-0.05, 0) is 31.4 Å². The fourth-order valence-electron chi connectivity index (χ4n) is 2.17. The SMILES string of the molecule is CCN1CCC=C(CNC2CCC2)C1. The van der Waals surface area contributed by atoms with Crippen molar-refractivity contribution in [3.05, 3.63) is 11.6 Å². The molecule has 0 spiro atoms. The molecule has 1 N–H and O–H groups in total. The van der Waals surface area contributed by atoms with Crippen molar-refractivity contribution in [2.75, 3.05) is 26.2 Å². The first-order chi connectivity index (χ1) is 6.88. The topological polar surface area (TPSA) is 15.3 Å². The fraction of sp³-hybridized carbons (Fsp3) is 0.833. The van der Waals surface area contributed by atoms with Crippen molar-refractivity contribution in [1.29, 1.82) is 0 Å². The van der Waals surface area contributed by atoms with E-state index in [9.17, 15) is 0 Å². The Morgan fingerprint density at radius 2 is 2.36 bits per heavy atom. The summed E-state index contributed by atoms with van der Waals surface area (Å²) in [4.78, 5) is 2.53. The molecule has 2 aliphatic rings. The zero-order chi connectivity index (χ0) is 9.80. The molecule has 80 valence electrons. The van der Waals surface area contributed by atoms with Crippen LogP contribution in [0.25, 0.3) is 0 Å². The second-order valence-corrected chi connectivity index (χ2v) is 4.53. The zero-order valence-electron chi connectivity index (χ0n) is 9.26. The van der Waals surface area contributed by atoms with Crippen LogP contribution in [0.15, 0.2) is 11.6 Å². The molecule has 2 nitrogen and oxygen atoms in total. The molecule has 14 heavy (non-hydrogen) atoms. The quantitative estimate of drug-likeness (QED) is 0.686. The van der Waals surface area contributed by atoms with E-state index in [2.05, 4.69) is 23.2 Å². The molecule has 0 radical (unpaired) electrons. The van der Waals surface area contributed by atoms with Crippen molar-refractivity contribution < 1.29 is 0 Å². The Labute approximate surface area is 87.4 Å². The van der Waals surface area contributed by atoms with Gasteiger partial charge in [-0.25, -0.2) is 0 Å². The van der Waals surface area contributed by atoms with Crippen LogP contribution in [0.5, 0.6) is 0 Å². The second-order valence-electron chi connectivity index (χ2n) is 4.53. The number of nitrogens with zero attached hydrogens (tertiary/aromatic N) is 1. The van der Waals surface area contributed by atoms with Gasteiger partial charge in [-0.15, -0.1) is 0 Å². The van der Waals surface area contributed by atoms with Gasteiger partial charge < -0.3 is 5.32 Å². The van der Waals surface area contributed by atoms with E-state index in [0.29, 0.717) is 0 Å². The molecule has 0 saturated heterocycles. The van der Waals surface area contributed by atoms with Gasteiger partial charge >= 0.3 is 0 Å². The Bertz CT molecular complexity index is 206. The molecule has 1 heterocycles. The summed E-state index contributed by atoms with van der Waals surface area (Å²) in [5.74, 6) is 0. The van der Waals surface area contributed by atoms with Crippen molar-refractivity contribution in [2.45, 2.75) is 38.6 Å². The molecule has 1 aliphatic heterocycles. The van der Waals surface area contributed by atoms with E-state index in [1.165, 1.54) is 45.3 Å². The van der Waals surface area contributed by atoms with E-state index in [0.717, 1.165) is 12.6 Å². The van der Waals surface area contributed by atoms with E-state index in [4.69, 9.17) is 0 Å². The third-order valence-corrected chi connectivity index (χ3v) is 3.48. The molecule has 0 aromatic carbocycles. The average Bonchev–Trinajstić information content (AvgIpc) is 2.16. The van der Waals surface area contributed by atoms with Crippen LogP contribution >= 0.6 is 0 Å². The Hall–Kier alpha value is -0.340. The summed E-state index contributed by atoms with van der Waals surface area (Å²) < 4.78 is 0. The third-order valence-electron chi connectivity index (χ3n) is 3.48. The minimum Gasteiger partial charge on any atom is -0.310 e. The minimum absolute atomic E-state index is 0.827. The normalized spacial score (nSPS) is 24.5. The van der Waals surface area contributed by atoms with E-state index in [1.54, 1.807) is 5.57 Å². The number of nitrogens with one attached hydrogen (secondary N) is 1. The summed E-state index contributed by atoms with van der Waals surface area (Å²) in [6.07, 6.45) is 7.89. The van der Waals surface area contributed by atoms with Crippen LogP contribution in [0.3, 0.4) is 0 Å². The maximum Gasteiger partial charge on any atom is 0.0205 e. The predicted octanol–water partition coefficient (Wildman–Crippen LogP) is 1.78. The summed E-state index contributed by atoms with van der Waals surface area (Å²) in [6.45, 7) is 7.02. The van der Waals surface area contributed by atoms with Crippen LogP contribution in [-0.2, 0) is 0 Å². The van der Waals surface area contributed by atoms with E-state index < -0.39 is 0 Å². The number of likely N-dealkylation sites (N-methyl/N-ethyl adjacent to an activating group) is 1. The molecule has 2 heteroatoms. The largest absolute Gasteiger partial charge is 0.310 e. The molecular weight excluding hydrogens is 172 g/mol. The van der Waals surface area contributed by atoms with Gasteiger partial charge in [0.2, 0.25) is 0 Å². The summed E-state index contributed by atoms with van der Waals surface area (Å²) >= 11 is 0. The second kappa shape index (κ2) is 4.94. The van der Waals surface area contributed by atoms with Gasteiger partial charge in [0.05, 0.1) is 0 Å². The van der Waals surface area contributed by atoms with E-state index in [-0.39, 0.29) is 0 Å². The van der Waals surface area contributed by atoms with Gasteiger partial charge in [-0.2, -0.15) is 0 Å². The molecule has 2 rings (SSSR count). The van der Waals surface area contributed by atoms with Crippen molar-refractivity contribution >= 4 is 0 Å². The standard InChI is InChI=1S/C12H22N2/c1-2-14-8-4-5-11(10-14)9-13-12-6-3-7-12/h5,12-13H,2-4,6-10H2,1H3. The minimum atomic E-state index is 0.827. The summed E-state index contributed by atoms with van der Waals surface area (Å²) in [5.41, 5.74) is 1.60. The zero-order valence-corrected chi connectivity index (χ0v) is 9.26. The molecule has 0 atom stereocenters. The van der Waals surface area contributed by atoms with E-state index in [1.807, 2.05) is 0 Å². The molecule has 0 aromatic heterocycles. The Morgan fingerprint density at radius 3 is 3.00 bits per heavy atom. The van der Waals surface area contributed by atoms with Crippen LogP contribution in [-0.4, -0.2) is 37.1 Å². The van der Waals surface area contributed by atoms with Gasteiger partial charge in [0.25, 0.3) is 0 Å². The Balaban J connectivity index is 1.71. The third kappa shape index (κ3) is 2.58. The van der Waals surface area contributed by atoms with Gasteiger partial charge in [0.1, 0.15) is 0 Å². The Morgan fingerprint density at radius 1 is 1.50 bits per heavy atom. The molecule has 0 bridgehead atoms. The first kappa shape index (κ1) is 10.2. The molecule has 1 fully saturated rings. The van der Waals surface area contributed by atoms with Crippen LogP contribution in [0, 0.1) is 0 Å². The lowest BCUT2D eigenvalue weighted by atomic mass is 9.93. The summed E-state index contributed by atoms with van der Waals surface area (Å²) in [6, 6.07) is 0.827. The van der Waals surface area contributed by atoms with Crippen LogP contribution in [0.4, 0.5) is 0 Å². The van der Waals surface area contributed by atoms with Crippen LogP contribution in [0.2, 0.25) is 0 Å². The highest BCUT2D eigenvalue weighted by molar-refractivity contribution is 5.10. The monoisotopic (exact) mass is 194 g/mol. The van der Waals surface area contributed by atoms with Crippen LogP contribution in [0.1, 0.15) is 32.6 Å². The number of hydrogen-bond donors (Lipinski definition) is 1. The van der Waals surface area contributed by atoms with Crippen LogP contribution < -0.4 is 5.32 Å². The maximum absolute atomic E-state index is 3.64. The predicted molar refractivity (Wildman–Crippen MR) is 60.5 cm³/mol. The fourth-order valence-corrected chi connectivity index (χ4v) is 2.17. The lowest BCUT2D eigenvalue weighted by Gasteiger charge is -2.30. The summed E-state index contributed by atoms with van der Waals surface area (Å²) in [7, 11) is 0. The molecule has 1 aliphatic carbocycles. The maximum atomic E-state index is 3.64. The number of rotatable bonds is 4. The van der Waals surface area contributed by atoms with Gasteiger partial charge in [-0.3, -0.25) is 4.90 Å². The highest BCUT2D eigenvalue weighted by atomic mass is 15.1. The lowest BCUT2D eigenvalue weighted by molar-refractivity contribution is 0.295. The number of hydrogen-bond acceptors (Lipinski definition) is 2. The van der Waals surface area contributed by atoms with Crippen molar-refractivity contribution in [3.63, 3.8) is 0 Å². The van der Waals surface area contributed by atoms with Gasteiger partial charge in [0, 0.05) is 25.7 Å². The Kier molecular flexibility index (Phi) is 3.60. The molecular formula is C12H22N2. The smallest absolute Gasteiger partial charge is 0.0205 e. The molecule has 0 aromatic rings. The summed E-state index contributed by atoms with van der Waals surface area (Å²) in [5, 5.41) is 3.64. The van der Waals surface area contributed by atoms with Crippen molar-refractivity contribution in [3.8, 4) is 0 Å². The lowest BCUT2D eigenvalue weighted by Crippen LogP contribution is -2.39. The highest BCUT2D eigenvalue weighted by Crippen LogP contribution is 2.18. The van der Waals surface area contributed by atoms with E-state index >= 15 is 0 Å². The van der Waals surface area contributed by atoms with Crippen molar-refractivity contribution in [2.24, 2.45) is 0 Å². The average molecular weight is 194 g/mol.